The Hall–Kier alpha value is 0.195. The van der Waals surface area contributed by atoms with E-state index in [4.69, 9.17) is 15.7 Å². The molecule has 0 aromatic rings. The maximum atomic E-state index is 7.52. The van der Waals surface area contributed by atoms with Gasteiger partial charge in [0.05, 0.1) is 15.7 Å². The highest BCUT2D eigenvalue weighted by atomic mass is 14.7. The fraction of sp³-hybridized carbons (Fsp3) is 1.00. The minimum atomic E-state index is -0.0200. The Morgan fingerprint density at radius 3 is 1.66 bits per heavy atom. The molecule has 209 valence electrons. The summed E-state index contributed by atoms with van der Waals surface area (Å²) in [5.74, 6) is 0.766. The molecule has 2 bridgehead atoms. The van der Waals surface area contributed by atoms with Crippen LogP contribution < -0.4 is 0 Å². The molecule has 4 unspecified atom stereocenters. The first-order valence-corrected chi connectivity index (χ1v) is 17.8. The third-order valence-corrected chi connectivity index (χ3v) is 13.6. The molecule has 0 heterocycles. The lowest BCUT2D eigenvalue weighted by molar-refractivity contribution is -0.0252. The van der Waals surface area contributed by atoms with Crippen LogP contribution in [-0.4, -0.2) is 23.0 Å². The molecule has 5 saturated carbocycles. The maximum absolute atomic E-state index is 7.52. The Morgan fingerprint density at radius 1 is 0.474 bits per heavy atom. The third kappa shape index (κ3) is 6.32. The first-order valence-electron chi connectivity index (χ1n) is 17.8. The van der Waals surface area contributed by atoms with E-state index in [1.807, 2.05) is 0 Å². The quantitative estimate of drug-likeness (QED) is 0.328. The van der Waals surface area contributed by atoms with Crippen molar-refractivity contribution in [3.8, 4) is 0 Å². The zero-order chi connectivity index (χ0) is 26.6. The summed E-state index contributed by atoms with van der Waals surface area (Å²) in [6.45, 7) is 2.74. The smallest absolute Gasteiger partial charge is 0.0907 e. The van der Waals surface area contributed by atoms with Gasteiger partial charge in [-0.25, -0.2) is 0 Å². The summed E-state index contributed by atoms with van der Waals surface area (Å²) in [5, 5.41) is 0.0934. The van der Waals surface area contributed by atoms with E-state index in [0.29, 0.717) is 16.2 Å². The van der Waals surface area contributed by atoms with Gasteiger partial charge in [0.1, 0.15) is 7.28 Å². The molecule has 3 heteroatoms. The van der Waals surface area contributed by atoms with Crippen LogP contribution in [-0.2, 0) is 0 Å². The SMILES string of the molecule is [B]C1([B]C2CCCCCCCC2)CCCCC(C)(C23CCCC(C4([B])CCCCCCC4)(CC2)C3)CCC1. The summed E-state index contributed by atoms with van der Waals surface area (Å²) >= 11 is 0. The Morgan fingerprint density at radius 2 is 0.947 bits per heavy atom. The molecule has 5 rings (SSSR count). The molecule has 5 aliphatic rings. The van der Waals surface area contributed by atoms with Gasteiger partial charge in [0, 0.05) is 0 Å². The summed E-state index contributed by atoms with van der Waals surface area (Å²) in [6, 6.07) is 0. The van der Waals surface area contributed by atoms with Crippen LogP contribution in [0.5, 0.6) is 0 Å². The minimum absolute atomic E-state index is 0.0200. The zero-order valence-electron chi connectivity index (χ0n) is 25.6. The highest BCUT2D eigenvalue weighted by molar-refractivity contribution is 6.55. The van der Waals surface area contributed by atoms with E-state index in [9.17, 15) is 0 Å². The standard InChI is InChI=1S/C35H60B3/c1-31(32-21-16-22-33(29-32,28-27-32)34(36)23-11-7-4-8-12-24-34)19-13-14-25-35(37,26-15-20-31)38-30-17-9-5-2-3-6-10-18-30/h30H,2-29H2,1H3. The molecule has 5 aliphatic carbocycles. The Balaban J connectivity index is 1.26. The van der Waals surface area contributed by atoms with Gasteiger partial charge in [-0.1, -0.05) is 158 Å². The minimum Gasteiger partial charge on any atom is -0.0907 e. The largest absolute Gasteiger partial charge is 0.111 e. The predicted molar refractivity (Wildman–Crippen MR) is 169 cm³/mol. The van der Waals surface area contributed by atoms with Crippen LogP contribution in [0.1, 0.15) is 187 Å². The Kier molecular flexibility index (Phi) is 9.84. The summed E-state index contributed by atoms with van der Waals surface area (Å²) in [7, 11) is 17.5. The van der Waals surface area contributed by atoms with Gasteiger partial charge in [-0.3, -0.25) is 0 Å². The highest BCUT2D eigenvalue weighted by Crippen LogP contribution is 2.74. The van der Waals surface area contributed by atoms with Gasteiger partial charge in [0.25, 0.3) is 0 Å². The van der Waals surface area contributed by atoms with Gasteiger partial charge >= 0.3 is 0 Å². The summed E-state index contributed by atoms with van der Waals surface area (Å²) in [5.41, 5.74) is 1.46. The van der Waals surface area contributed by atoms with Gasteiger partial charge in [0.2, 0.25) is 0 Å². The van der Waals surface area contributed by atoms with Crippen LogP contribution in [0.4, 0.5) is 0 Å². The van der Waals surface area contributed by atoms with Crippen LogP contribution in [0.25, 0.3) is 0 Å². The average molecular weight is 513 g/mol. The summed E-state index contributed by atoms with van der Waals surface area (Å²) in [4.78, 5) is 0. The van der Waals surface area contributed by atoms with Crippen LogP contribution in [0.3, 0.4) is 0 Å². The lowest BCUT2D eigenvalue weighted by atomic mass is 9.34. The second-order valence-corrected chi connectivity index (χ2v) is 16.0. The van der Waals surface area contributed by atoms with Crippen LogP contribution >= 0.6 is 0 Å². The Labute approximate surface area is 241 Å². The molecule has 4 atom stereocenters. The second kappa shape index (κ2) is 12.6. The van der Waals surface area contributed by atoms with Crippen LogP contribution in [0, 0.1) is 16.2 Å². The molecular formula is C35H60B3. The molecule has 0 aromatic heterocycles. The molecule has 0 nitrogen and oxygen atoms in total. The molecule has 0 spiro atoms. The van der Waals surface area contributed by atoms with Gasteiger partial charge in [0.15, 0.2) is 0 Å². The first kappa shape index (κ1) is 29.7. The van der Waals surface area contributed by atoms with E-state index in [1.54, 1.807) is 0 Å². The van der Waals surface area contributed by atoms with E-state index in [-0.39, 0.29) is 10.5 Å². The third-order valence-electron chi connectivity index (χ3n) is 13.6. The average Bonchev–Trinajstić information content (AvgIpc) is 3.26. The van der Waals surface area contributed by atoms with Crippen molar-refractivity contribution in [2.45, 2.75) is 203 Å². The molecule has 5 radical (unpaired) electrons. The highest BCUT2D eigenvalue weighted by Gasteiger charge is 2.62. The van der Waals surface area contributed by atoms with Crippen molar-refractivity contribution < 1.29 is 0 Å². The fourth-order valence-electron chi connectivity index (χ4n) is 11.1. The monoisotopic (exact) mass is 513 g/mol. The molecule has 0 saturated heterocycles. The van der Waals surface area contributed by atoms with Crippen molar-refractivity contribution in [2.24, 2.45) is 16.2 Å². The zero-order valence-corrected chi connectivity index (χ0v) is 25.6. The fourth-order valence-corrected chi connectivity index (χ4v) is 11.1. The van der Waals surface area contributed by atoms with Crippen molar-refractivity contribution in [3.63, 3.8) is 0 Å². The molecular weight excluding hydrogens is 453 g/mol. The lowest BCUT2D eigenvalue weighted by Gasteiger charge is -2.56. The van der Waals surface area contributed by atoms with Gasteiger partial charge in [-0.2, -0.15) is 0 Å². The lowest BCUT2D eigenvalue weighted by Crippen LogP contribution is -2.45. The molecule has 5 fully saturated rings. The van der Waals surface area contributed by atoms with Crippen molar-refractivity contribution in [1.29, 1.82) is 0 Å². The number of hydrogen-bond acceptors (Lipinski definition) is 0. The summed E-state index contributed by atoms with van der Waals surface area (Å²) < 4.78 is 0. The van der Waals surface area contributed by atoms with E-state index >= 15 is 0 Å². The molecule has 0 aromatic carbocycles. The number of hydrogen-bond donors (Lipinski definition) is 0. The predicted octanol–water partition coefficient (Wildman–Crippen LogP) is 11.1. The molecule has 0 aliphatic heterocycles. The normalized spacial score (nSPS) is 42.2. The maximum Gasteiger partial charge on any atom is 0.111 e. The van der Waals surface area contributed by atoms with Crippen molar-refractivity contribution >= 4 is 23.0 Å². The van der Waals surface area contributed by atoms with E-state index in [2.05, 4.69) is 14.2 Å². The molecule has 0 N–H and O–H groups in total. The van der Waals surface area contributed by atoms with Gasteiger partial charge in [-0.15, -0.1) is 0 Å². The number of rotatable bonds is 4. The van der Waals surface area contributed by atoms with E-state index in [1.165, 1.54) is 180 Å². The van der Waals surface area contributed by atoms with Gasteiger partial charge in [-0.05, 0) is 61.2 Å². The van der Waals surface area contributed by atoms with Crippen molar-refractivity contribution in [2.75, 3.05) is 0 Å². The van der Waals surface area contributed by atoms with Crippen molar-refractivity contribution in [3.05, 3.63) is 0 Å². The van der Waals surface area contributed by atoms with Crippen LogP contribution in [0.2, 0.25) is 16.3 Å². The molecule has 38 heavy (non-hydrogen) atoms. The van der Waals surface area contributed by atoms with Crippen molar-refractivity contribution in [1.82, 2.24) is 0 Å². The van der Waals surface area contributed by atoms with E-state index < -0.39 is 0 Å². The van der Waals surface area contributed by atoms with Crippen LogP contribution in [0.15, 0.2) is 0 Å². The van der Waals surface area contributed by atoms with Gasteiger partial charge < -0.3 is 0 Å². The second-order valence-electron chi connectivity index (χ2n) is 16.0. The molecule has 0 amide bonds. The number of fused-ring (bicyclic) bond motifs is 2. The topological polar surface area (TPSA) is 0 Å². The van der Waals surface area contributed by atoms with E-state index in [0.717, 1.165) is 5.82 Å². The summed E-state index contributed by atoms with van der Waals surface area (Å²) in [6.07, 6.45) is 39.0. The first-order chi connectivity index (χ1) is 18.3. The Bertz CT molecular complexity index is 733.